The molecular formula is C26H19ClN2O4S. The summed E-state index contributed by atoms with van der Waals surface area (Å²) in [6.07, 6.45) is 0. The number of aromatic nitrogens is 1. The smallest absolute Gasteiger partial charge is 0.301 e. The number of rotatable bonds is 4. The van der Waals surface area contributed by atoms with Gasteiger partial charge in [0.05, 0.1) is 28.9 Å². The summed E-state index contributed by atoms with van der Waals surface area (Å²) in [5.41, 5.74) is 2.81. The third-order valence-corrected chi connectivity index (χ3v) is 7.02. The molecule has 1 aromatic heterocycles. The predicted molar refractivity (Wildman–Crippen MR) is 134 cm³/mol. The summed E-state index contributed by atoms with van der Waals surface area (Å²) >= 11 is 7.27. The second-order valence-electron chi connectivity index (χ2n) is 7.92. The van der Waals surface area contributed by atoms with Gasteiger partial charge in [0.2, 0.25) is 0 Å². The first kappa shape index (κ1) is 22.1. The van der Waals surface area contributed by atoms with Gasteiger partial charge in [-0.2, -0.15) is 0 Å². The fourth-order valence-electron chi connectivity index (χ4n) is 3.98. The van der Waals surface area contributed by atoms with Gasteiger partial charge in [0.1, 0.15) is 11.5 Å². The molecule has 5 rings (SSSR count). The summed E-state index contributed by atoms with van der Waals surface area (Å²) in [4.78, 5) is 32.6. The third-order valence-electron chi connectivity index (χ3n) is 5.75. The number of aliphatic hydroxyl groups is 1. The monoisotopic (exact) mass is 490 g/mol. The highest BCUT2D eigenvalue weighted by Crippen LogP contribution is 2.44. The number of aryl methyl sites for hydroxylation is 1. The Morgan fingerprint density at radius 1 is 1.06 bits per heavy atom. The Morgan fingerprint density at radius 3 is 2.44 bits per heavy atom. The lowest BCUT2D eigenvalue weighted by Gasteiger charge is -2.23. The van der Waals surface area contributed by atoms with Crippen LogP contribution in [0.1, 0.15) is 22.7 Å². The van der Waals surface area contributed by atoms with Crippen molar-refractivity contribution in [2.75, 3.05) is 12.0 Å². The number of ether oxygens (including phenoxy) is 1. The van der Waals surface area contributed by atoms with Gasteiger partial charge in [0.15, 0.2) is 5.13 Å². The van der Waals surface area contributed by atoms with Crippen molar-refractivity contribution in [3.63, 3.8) is 0 Å². The lowest BCUT2D eigenvalue weighted by atomic mass is 9.95. The van der Waals surface area contributed by atoms with Gasteiger partial charge in [-0.05, 0) is 55.0 Å². The molecule has 6 nitrogen and oxygen atoms in total. The zero-order valence-corrected chi connectivity index (χ0v) is 19.9. The van der Waals surface area contributed by atoms with Gasteiger partial charge < -0.3 is 9.84 Å². The number of carbonyl (C=O) groups is 2. The largest absolute Gasteiger partial charge is 0.507 e. The van der Waals surface area contributed by atoms with E-state index >= 15 is 0 Å². The molecule has 0 saturated carbocycles. The molecule has 1 fully saturated rings. The van der Waals surface area contributed by atoms with E-state index in [1.165, 1.54) is 16.2 Å². The molecule has 1 aliphatic rings. The first-order valence-corrected chi connectivity index (χ1v) is 11.6. The lowest BCUT2D eigenvalue weighted by molar-refractivity contribution is -0.132. The number of methoxy groups -OCH3 is 1. The molecule has 8 heteroatoms. The average Bonchev–Trinajstić information content (AvgIpc) is 3.37. The SMILES string of the molecule is COc1ccc2nc(N3C(=O)C(=O)C(=C(O)c4ccc(Cl)cc4)[C@H]3c3ccc(C)cc3)sc2c1. The number of hydrogen-bond donors (Lipinski definition) is 1. The molecule has 0 aliphatic carbocycles. The zero-order valence-electron chi connectivity index (χ0n) is 18.3. The van der Waals surface area contributed by atoms with E-state index in [9.17, 15) is 14.7 Å². The maximum absolute atomic E-state index is 13.3. The van der Waals surface area contributed by atoms with Crippen molar-refractivity contribution in [2.45, 2.75) is 13.0 Å². The lowest BCUT2D eigenvalue weighted by Crippen LogP contribution is -2.29. The van der Waals surface area contributed by atoms with Crippen LogP contribution in [0, 0.1) is 6.92 Å². The number of carbonyl (C=O) groups excluding carboxylic acids is 2. The topological polar surface area (TPSA) is 79.7 Å². The van der Waals surface area contributed by atoms with Gasteiger partial charge in [-0.25, -0.2) is 4.98 Å². The normalized spacial score (nSPS) is 17.5. The highest BCUT2D eigenvalue weighted by atomic mass is 35.5. The van der Waals surface area contributed by atoms with Gasteiger partial charge in [0, 0.05) is 10.6 Å². The number of thiazole rings is 1. The summed E-state index contributed by atoms with van der Waals surface area (Å²) in [5.74, 6) is -1.10. The standard InChI is InChI=1S/C26H19ClN2O4S/c1-14-3-5-15(6-4-14)22-21(23(30)16-7-9-17(27)10-8-16)24(31)25(32)29(22)26-28-19-12-11-18(33-2)13-20(19)34-26/h3-13,22,30H,1-2H3/t22-/m1/s1. The number of ketones is 1. The van der Waals surface area contributed by atoms with Crippen LogP contribution < -0.4 is 9.64 Å². The van der Waals surface area contributed by atoms with Crippen molar-refractivity contribution < 1.29 is 19.4 Å². The van der Waals surface area contributed by atoms with Gasteiger partial charge in [-0.1, -0.05) is 52.8 Å². The van der Waals surface area contributed by atoms with E-state index in [0.29, 0.717) is 32.5 Å². The number of aliphatic hydroxyl groups excluding tert-OH is 1. The number of amides is 1. The van der Waals surface area contributed by atoms with Crippen LogP contribution in [0.2, 0.25) is 5.02 Å². The van der Waals surface area contributed by atoms with Gasteiger partial charge >= 0.3 is 5.91 Å². The first-order chi connectivity index (χ1) is 16.4. The molecule has 170 valence electrons. The number of Topliss-reactive ketones (excluding diaryl/α,β-unsaturated/α-hetero) is 1. The van der Waals surface area contributed by atoms with E-state index in [4.69, 9.17) is 16.3 Å². The Balaban J connectivity index is 1.71. The van der Waals surface area contributed by atoms with Crippen LogP contribution in [0.5, 0.6) is 5.75 Å². The van der Waals surface area contributed by atoms with Crippen LogP contribution in [-0.4, -0.2) is 28.9 Å². The van der Waals surface area contributed by atoms with E-state index in [1.54, 1.807) is 43.5 Å². The minimum atomic E-state index is -0.835. The Morgan fingerprint density at radius 2 is 1.76 bits per heavy atom. The van der Waals surface area contributed by atoms with Gasteiger partial charge in [-0.3, -0.25) is 14.5 Å². The maximum atomic E-state index is 13.3. The van der Waals surface area contributed by atoms with Crippen molar-refractivity contribution in [3.05, 3.63) is 94.0 Å². The van der Waals surface area contributed by atoms with Crippen molar-refractivity contribution in [1.82, 2.24) is 4.98 Å². The molecular weight excluding hydrogens is 472 g/mol. The van der Waals surface area contributed by atoms with E-state index < -0.39 is 17.7 Å². The molecule has 0 radical (unpaired) electrons. The molecule has 0 spiro atoms. The number of nitrogens with zero attached hydrogens (tertiary/aromatic N) is 2. The van der Waals surface area contributed by atoms with E-state index in [0.717, 1.165) is 10.3 Å². The highest BCUT2D eigenvalue weighted by molar-refractivity contribution is 7.22. The Hall–Kier alpha value is -3.68. The second kappa shape index (κ2) is 8.59. The Kier molecular flexibility index (Phi) is 5.59. The minimum absolute atomic E-state index is 0.00742. The number of fused-ring (bicyclic) bond motifs is 1. The summed E-state index contributed by atoms with van der Waals surface area (Å²) in [5, 5.41) is 12.0. The van der Waals surface area contributed by atoms with E-state index in [1.807, 2.05) is 37.3 Å². The fourth-order valence-corrected chi connectivity index (χ4v) is 5.13. The van der Waals surface area contributed by atoms with Crippen LogP contribution in [0.4, 0.5) is 5.13 Å². The van der Waals surface area contributed by atoms with Crippen molar-refractivity contribution in [2.24, 2.45) is 0 Å². The summed E-state index contributed by atoms with van der Waals surface area (Å²) in [7, 11) is 1.58. The van der Waals surface area contributed by atoms with Crippen molar-refractivity contribution in [3.8, 4) is 5.75 Å². The fraction of sp³-hybridized carbons (Fsp3) is 0.115. The molecule has 1 saturated heterocycles. The molecule has 3 aromatic carbocycles. The number of halogens is 1. The minimum Gasteiger partial charge on any atom is -0.507 e. The van der Waals surface area contributed by atoms with Crippen LogP contribution in [0.15, 0.2) is 72.3 Å². The highest BCUT2D eigenvalue weighted by Gasteiger charge is 2.48. The maximum Gasteiger partial charge on any atom is 0.301 e. The van der Waals surface area contributed by atoms with Crippen LogP contribution in [0.25, 0.3) is 16.0 Å². The number of hydrogen-bond acceptors (Lipinski definition) is 6. The summed E-state index contributed by atoms with van der Waals surface area (Å²) < 4.78 is 6.11. The number of benzene rings is 3. The molecule has 1 amide bonds. The summed E-state index contributed by atoms with van der Waals surface area (Å²) in [6, 6.07) is 18.6. The van der Waals surface area contributed by atoms with Crippen molar-refractivity contribution in [1.29, 1.82) is 0 Å². The van der Waals surface area contributed by atoms with Crippen LogP contribution in [-0.2, 0) is 9.59 Å². The molecule has 2 heterocycles. The van der Waals surface area contributed by atoms with Gasteiger partial charge in [-0.15, -0.1) is 0 Å². The zero-order chi connectivity index (χ0) is 24.0. The molecule has 1 aliphatic heterocycles. The second-order valence-corrected chi connectivity index (χ2v) is 9.36. The van der Waals surface area contributed by atoms with Crippen LogP contribution >= 0.6 is 22.9 Å². The van der Waals surface area contributed by atoms with Gasteiger partial charge in [0.25, 0.3) is 5.78 Å². The van der Waals surface area contributed by atoms with E-state index in [2.05, 4.69) is 4.98 Å². The van der Waals surface area contributed by atoms with Crippen LogP contribution in [0.3, 0.4) is 0 Å². The first-order valence-electron chi connectivity index (χ1n) is 10.5. The molecule has 34 heavy (non-hydrogen) atoms. The molecule has 0 unspecified atom stereocenters. The predicted octanol–water partition coefficient (Wildman–Crippen LogP) is 5.89. The Bertz CT molecular complexity index is 1460. The third kappa shape index (κ3) is 3.73. The molecule has 1 N–H and O–H groups in total. The number of anilines is 1. The van der Waals surface area contributed by atoms with Crippen molar-refractivity contribution >= 4 is 55.7 Å². The average molecular weight is 491 g/mol. The quantitative estimate of drug-likeness (QED) is 0.219. The van der Waals surface area contributed by atoms with E-state index in [-0.39, 0.29) is 11.3 Å². The molecule has 0 bridgehead atoms. The molecule has 4 aromatic rings. The molecule has 1 atom stereocenters. The summed E-state index contributed by atoms with van der Waals surface area (Å²) in [6.45, 7) is 1.95. The Labute approximate surface area is 204 Å².